The molecule has 1 unspecified atom stereocenters. The number of nitrogens with zero attached hydrogens (tertiary/aromatic N) is 4. The average Bonchev–Trinajstić information content (AvgIpc) is 2.73. The molecule has 2 heterocycles. The molecule has 1 aliphatic heterocycles. The molecule has 3 rings (SSSR count). The third-order valence-electron chi connectivity index (χ3n) is 4.40. The van der Waals surface area contributed by atoms with E-state index >= 15 is 0 Å². The van der Waals surface area contributed by atoms with E-state index in [0.717, 1.165) is 12.2 Å². The Hall–Kier alpha value is -2.54. The van der Waals surface area contributed by atoms with E-state index in [9.17, 15) is 4.79 Å². The molecule has 1 fully saturated rings. The smallest absolute Gasteiger partial charge is 0.263 e. The van der Waals surface area contributed by atoms with E-state index in [1.165, 1.54) is 0 Å². The highest BCUT2D eigenvalue weighted by atomic mass is 35.5. The number of amides is 1. The van der Waals surface area contributed by atoms with Crippen LogP contribution in [0.3, 0.4) is 0 Å². The molecule has 0 aliphatic carbocycles. The lowest BCUT2D eigenvalue weighted by Crippen LogP contribution is -2.52. The van der Waals surface area contributed by atoms with Crippen molar-refractivity contribution in [3.05, 3.63) is 42.5 Å². The Labute approximate surface area is 172 Å². The lowest BCUT2D eigenvalue weighted by molar-refractivity contribution is -0.138. The average molecular weight is 407 g/mol. The van der Waals surface area contributed by atoms with E-state index < -0.39 is 6.10 Å². The SMILES string of the molecule is CCCOc1ccc(N2CCN(C(=O)C(C)Oc3ccccc3)CC2)nn1.Cl. The van der Waals surface area contributed by atoms with Gasteiger partial charge in [0.1, 0.15) is 5.75 Å². The normalized spacial score (nSPS) is 14.8. The summed E-state index contributed by atoms with van der Waals surface area (Å²) in [5.41, 5.74) is 0. The van der Waals surface area contributed by atoms with Crippen LogP contribution in [-0.2, 0) is 4.79 Å². The maximum absolute atomic E-state index is 12.6. The van der Waals surface area contributed by atoms with Crippen molar-refractivity contribution in [2.24, 2.45) is 0 Å². The molecule has 8 heteroatoms. The maximum Gasteiger partial charge on any atom is 0.263 e. The standard InChI is InChI=1S/C20H26N4O3.ClH/c1-3-15-26-19-10-9-18(21-22-19)23-11-13-24(14-12-23)20(25)16(2)27-17-7-5-4-6-8-17;/h4-10,16H,3,11-15H2,1-2H3;1H. The van der Waals surface area contributed by atoms with Crippen molar-refractivity contribution in [1.29, 1.82) is 0 Å². The van der Waals surface area contributed by atoms with E-state index in [2.05, 4.69) is 15.1 Å². The zero-order valence-corrected chi connectivity index (χ0v) is 17.1. The second kappa shape index (κ2) is 10.7. The van der Waals surface area contributed by atoms with Crippen molar-refractivity contribution in [2.45, 2.75) is 26.4 Å². The first-order valence-electron chi connectivity index (χ1n) is 9.39. The summed E-state index contributed by atoms with van der Waals surface area (Å²) < 4.78 is 11.2. The van der Waals surface area contributed by atoms with Crippen molar-refractivity contribution in [3.63, 3.8) is 0 Å². The number of halogens is 1. The summed E-state index contributed by atoms with van der Waals surface area (Å²) in [6, 6.07) is 13.2. The molecular weight excluding hydrogens is 380 g/mol. The highest BCUT2D eigenvalue weighted by molar-refractivity contribution is 5.85. The number of hydrogen-bond acceptors (Lipinski definition) is 6. The Kier molecular flexibility index (Phi) is 8.32. The fraction of sp³-hybridized carbons (Fsp3) is 0.450. The largest absolute Gasteiger partial charge is 0.481 e. The number of para-hydroxylation sites is 1. The minimum atomic E-state index is -0.506. The first kappa shape index (κ1) is 21.8. The zero-order valence-electron chi connectivity index (χ0n) is 16.3. The van der Waals surface area contributed by atoms with Gasteiger partial charge in [0, 0.05) is 32.2 Å². The van der Waals surface area contributed by atoms with Gasteiger partial charge in [0.15, 0.2) is 11.9 Å². The number of hydrogen-bond donors (Lipinski definition) is 0. The number of ether oxygens (including phenoxy) is 2. The Morgan fingerprint density at radius 3 is 2.39 bits per heavy atom. The lowest BCUT2D eigenvalue weighted by atomic mass is 10.2. The van der Waals surface area contributed by atoms with Crippen molar-refractivity contribution in [2.75, 3.05) is 37.7 Å². The van der Waals surface area contributed by atoms with Gasteiger partial charge in [0.05, 0.1) is 6.61 Å². The quantitative estimate of drug-likeness (QED) is 0.704. The van der Waals surface area contributed by atoms with E-state index in [1.54, 1.807) is 6.92 Å². The highest BCUT2D eigenvalue weighted by Crippen LogP contribution is 2.17. The van der Waals surface area contributed by atoms with Crippen LogP contribution < -0.4 is 14.4 Å². The number of rotatable bonds is 7. The predicted octanol–water partition coefficient (Wildman–Crippen LogP) is 2.80. The van der Waals surface area contributed by atoms with Gasteiger partial charge in [-0.1, -0.05) is 25.1 Å². The number of aromatic nitrogens is 2. The highest BCUT2D eigenvalue weighted by Gasteiger charge is 2.26. The molecule has 1 atom stereocenters. The maximum atomic E-state index is 12.6. The molecule has 0 saturated carbocycles. The second-order valence-corrected chi connectivity index (χ2v) is 6.46. The van der Waals surface area contributed by atoms with Gasteiger partial charge < -0.3 is 19.3 Å². The fourth-order valence-electron chi connectivity index (χ4n) is 2.93. The second-order valence-electron chi connectivity index (χ2n) is 6.46. The molecule has 2 aromatic rings. The Bertz CT molecular complexity index is 722. The molecule has 0 radical (unpaired) electrons. The van der Waals surface area contributed by atoms with Crippen LogP contribution in [0, 0.1) is 0 Å². The van der Waals surface area contributed by atoms with Crippen molar-refractivity contribution in [3.8, 4) is 11.6 Å². The van der Waals surface area contributed by atoms with Crippen LogP contribution in [0.2, 0.25) is 0 Å². The van der Waals surface area contributed by atoms with Gasteiger partial charge in [-0.25, -0.2) is 0 Å². The molecule has 0 bridgehead atoms. The molecule has 152 valence electrons. The Balaban J connectivity index is 0.00000280. The first-order valence-corrected chi connectivity index (χ1v) is 9.39. The van der Waals surface area contributed by atoms with Crippen molar-refractivity contribution in [1.82, 2.24) is 15.1 Å². The van der Waals surface area contributed by atoms with Gasteiger partial charge in [-0.15, -0.1) is 22.6 Å². The van der Waals surface area contributed by atoms with E-state index in [4.69, 9.17) is 9.47 Å². The van der Waals surface area contributed by atoms with E-state index in [0.29, 0.717) is 44.4 Å². The minimum absolute atomic E-state index is 0. The van der Waals surface area contributed by atoms with E-state index in [-0.39, 0.29) is 18.3 Å². The zero-order chi connectivity index (χ0) is 19.1. The monoisotopic (exact) mass is 406 g/mol. The predicted molar refractivity (Wildman–Crippen MR) is 110 cm³/mol. The Morgan fingerprint density at radius 1 is 1.07 bits per heavy atom. The van der Waals surface area contributed by atoms with Crippen molar-refractivity contribution >= 4 is 24.1 Å². The van der Waals surface area contributed by atoms with Crippen molar-refractivity contribution < 1.29 is 14.3 Å². The summed E-state index contributed by atoms with van der Waals surface area (Å²) in [5.74, 6) is 2.06. The van der Waals surface area contributed by atoms with Crippen LogP contribution in [0.1, 0.15) is 20.3 Å². The number of anilines is 1. The van der Waals surface area contributed by atoms with Crippen LogP contribution in [0.4, 0.5) is 5.82 Å². The summed E-state index contributed by atoms with van der Waals surface area (Å²) >= 11 is 0. The summed E-state index contributed by atoms with van der Waals surface area (Å²) in [6.45, 7) is 7.18. The van der Waals surface area contributed by atoms with Gasteiger partial charge in [-0.2, -0.15) is 0 Å². The summed E-state index contributed by atoms with van der Waals surface area (Å²) in [4.78, 5) is 16.6. The van der Waals surface area contributed by atoms with E-state index in [1.807, 2.05) is 54.3 Å². The minimum Gasteiger partial charge on any atom is -0.481 e. The summed E-state index contributed by atoms with van der Waals surface area (Å²) in [5, 5.41) is 8.35. The Morgan fingerprint density at radius 2 is 1.79 bits per heavy atom. The third kappa shape index (κ3) is 5.73. The molecule has 1 saturated heterocycles. The van der Waals surface area contributed by atoms with Crippen LogP contribution in [0.5, 0.6) is 11.6 Å². The van der Waals surface area contributed by atoms with Gasteiger partial charge in [-0.05, 0) is 31.5 Å². The number of piperazine rings is 1. The molecule has 0 N–H and O–H groups in total. The number of carbonyl (C=O) groups is 1. The number of benzene rings is 1. The number of carbonyl (C=O) groups excluding carboxylic acids is 1. The molecule has 1 aromatic heterocycles. The van der Waals surface area contributed by atoms with Crippen LogP contribution >= 0.6 is 12.4 Å². The van der Waals surface area contributed by atoms with Gasteiger partial charge in [0.2, 0.25) is 5.88 Å². The molecule has 1 aliphatic rings. The lowest BCUT2D eigenvalue weighted by Gasteiger charge is -2.36. The van der Waals surface area contributed by atoms with Gasteiger partial charge in [0.25, 0.3) is 5.91 Å². The van der Waals surface area contributed by atoms with Crippen LogP contribution in [0.25, 0.3) is 0 Å². The molecule has 1 amide bonds. The third-order valence-corrected chi connectivity index (χ3v) is 4.40. The fourth-order valence-corrected chi connectivity index (χ4v) is 2.93. The van der Waals surface area contributed by atoms with Crippen LogP contribution in [0.15, 0.2) is 42.5 Å². The van der Waals surface area contributed by atoms with Crippen LogP contribution in [-0.4, -0.2) is 59.9 Å². The molecule has 7 nitrogen and oxygen atoms in total. The topological polar surface area (TPSA) is 67.8 Å². The summed E-state index contributed by atoms with van der Waals surface area (Å²) in [7, 11) is 0. The van der Waals surface area contributed by atoms with Gasteiger partial charge >= 0.3 is 0 Å². The molecule has 1 aromatic carbocycles. The molecule has 28 heavy (non-hydrogen) atoms. The van der Waals surface area contributed by atoms with Gasteiger partial charge in [-0.3, -0.25) is 4.79 Å². The summed E-state index contributed by atoms with van der Waals surface area (Å²) in [6.07, 6.45) is 0.431. The molecular formula is C20H27ClN4O3. The molecule has 0 spiro atoms. The first-order chi connectivity index (χ1) is 13.2.